The van der Waals surface area contributed by atoms with Gasteiger partial charge < -0.3 is 19.0 Å². The lowest BCUT2D eigenvalue weighted by Gasteiger charge is -2.27. The number of esters is 1. The summed E-state index contributed by atoms with van der Waals surface area (Å²) in [7, 11) is 3.00. The van der Waals surface area contributed by atoms with Crippen LogP contribution >= 0.6 is 0 Å². The monoisotopic (exact) mass is 419 g/mol. The molecular weight excluding hydrogens is 382 g/mol. The van der Waals surface area contributed by atoms with E-state index in [0.717, 1.165) is 5.56 Å². The molecule has 1 rings (SSSR count). The molecule has 0 saturated heterocycles. The first-order valence-electron chi connectivity index (χ1n) is 10.5. The lowest BCUT2D eigenvalue weighted by Crippen LogP contribution is -2.30. The van der Waals surface area contributed by atoms with E-state index in [0.29, 0.717) is 19.1 Å². The second-order valence-electron chi connectivity index (χ2n) is 7.80. The molecular formula is C24H37NO5. The summed E-state index contributed by atoms with van der Waals surface area (Å²) >= 11 is 0. The molecule has 168 valence electrons. The highest BCUT2D eigenvalue weighted by molar-refractivity contribution is 5.71. The Balaban J connectivity index is 2.48. The highest BCUT2D eigenvalue weighted by atomic mass is 16.6. The number of carbonyl (C=O) groups is 1. The van der Waals surface area contributed by atoms with E-state index in [1.807, 2.05) is 31.2 Å². The van der Waals surface area contributed by atoms with Crippen molar-refractivity contribution in [2.24, 2.45) is 22.9 Å². The summed E-state index contributed by atoms with van der Waals surface area (Å²) < 4.78 is 16.2. The standard InChI is InChI=1S/C24H37NO5/c1-18(2)24(29-17-21-12-8-7-9-13-21)20(4)16-30-25-15-22(27-5)19(3)11-10-14-23(26)28-6/h7-13,15,18-20,22,24H,14,16-17H2,1-6H3/b11-10-,25-15-/t19-,20-,22-,24-/m1/s1. The van der Waals surface area contributed by atoms with Gasteiger partial charge in [-0.1, -0.05) is 75.3 Å². The van der Waals surface area contributed by atoms with Crippen molar-refractivity contribution in [1.82, 2.24) is 0 Å². The van der Waals surface area contributed by atoms with Crippen LogP contribution in [-0.2, 0) is 30.4 Å². The number of methoxy groups -OCH3 is 2. The minimum Gasteiger partial charge on any atom is -0.469 e. The number of nitrogens with zero attached hydrogens (tertiary/aromatic N) is 1. The van der Waals surface area contributed by atoms with Gasteiger partial charge >= 0.3 is 5.97 Å². The van der Waals surface area contributed by atoms with E-state index in [1.54, 1.807) is 19.4 Å². The largest absolute Gasteiger partial charge is 0.469 e. The van der Waals surface area contributed by atoms with Crippen LogP contribution in [0.3, 0.4) is 0 Å². The summed E-state index contributed by atoms with van der Waals surface area (Å²) in [6, 6.07) is 10.2. The molecule has 0 unspecified atom stereocenters. The van der Waals surface area contributed by atoms with Crippen LogP contribution in [0, 0.1) is 17.8 Å². The molecule has 0 aliphatic rings. The SMILES string of the molecule is COC(=O)C/C=C\[C@@H](C)[C@@H](/C=N\OC[C@@H](C)[C@H](OCc1ccccc1)C(C)C)OC. The average Bonchev–Trinajstić information content (AvgIpc) is 2.74. The van der Waals surface area contributed by atoms with Crippen LogP contribution in [0.4, 0.5) is 0 Å². The fourth-order valence-electron chi connectivity index (χ4n) is 3.12. The number of ether oxygens (including phenoxy) is 3. The quantitative estimate of drug-likeness (QED) is 0.190. The summed E-state index contributed by atoms with van der Waals surface area (Å²) in [5.74, 6) is 0.321. The summed E-state index contributed by atoms with van der Waals surface area (Å²) in [5.41, 5.74) is 1.16. The second-order valence-corrected chi connectivity index (χ2v) is 7.80. The van der Waals surface area contributed by atoms with Gasteiger partial charge in [-0.15, -0.1) is 0 Å². The van der Waals surface area contributed by atoms with E-state index < -0.39 is 0 Å². The lowest BCUT2D eigenvalue weighted by molar-refractivity contribution is -0.139. The fraction of sp³-hybridized carbons (Fsp3) is 0.583. The number of rotatable bonds is 14. The van der Waals surface area contributed by atoms with Gasteiger partial charge in [-0.25, -0.2) is 0 Å². The molecule has 6 heteroatoms. The summed E-state index contributed by atoms with van der Waals surface area (Å²) in [4.78, 5) is 16.7. The first-order chi connectivity index (χ1) is 14.4. The molecule has 1 aromatic carbocycles. The second kappa shape index (κ2) is 14.7. The van der Waals surface area contributed by atoms with Gasteiger partial charge in [-0.2, -0.15) is 0 Å². The van der Waals surface area contributed by atoms with E-state index in [4.69, 9.17) is 14.3 Å². The van der Waals surface area contributed by atoms with Crippen LogP contribution in [0.2, 0.25) is 0 Å². The number of carbonyl (C=O) groups excluding carboxylic acids is 1. The Morgan fingerprint density at radius 2 is 1.80 bits per heavy atom. The molecule has 0 aliphatic carbocycles. The molecule has 0 amide bonds. The molecule has 0 aliphatic heterocycles. The zero-order chi connectivity index (χ0) is 22.4. The van der Waals surface area contributed by atoms with Crippen LogP contribution in [-0.4, -0.2) is 45.2 Å². The zero-order valence-electron chi connectivity index (χ0n) is 19.1. The topological polar surface area (TPSA) is 66.4 Å². The van der Waals surface area contributed by atoms with Gasteiger partial charge in [-0.05, 0) is 11.5 Å². The Morgan fingerprint density at radius 1 is 1.10 bits per heavy atom. The first-order valence-corrected chi connectivity index (χ1v) is 10.5. The van der Waals surface area contributed by atoms with E-state index in [-0.39, 0.29) is 36.4 Å². The predicted octanol–water partition coefficient (Wildman–Crippen LogP) is 4.64. The molecule has 0 saturated carbocycles. The lowest BCUT2D eigenvalue weighted by atomic mass is 9.95. The summed E-state index contributed by atoms with van der Waals surface area (Å²) in [5, 5.41) is 4.09. The van der Waals surface area contributed by atoms with Crippen LogP contribution in [0.25, 0.3) is 0 Å². The maximum atomic E-state index is 11.2. The van der Waals surface area contributed by atoms with Crippen LogP contribution < -0.4 is 0 Å². The number of hydrogen-bond acceptors (Lipinski definition) is 6. The van der Waals surface area contributed by atoms with Gasteiger partial charge in [-0.3, -0.25) is 4.79 Å². The van der Waals surface area contributed by atoms with Crippen LogP contribution in [0.5, 0.6) is 0 Å². The highest BCUT2D eigenvalue weighted by Crippen LogP contribution is 2.19. The van der Waals surface area contributed by atoms with Crippen LogP contribution in [0.15, 0.2) is 47.6 Å². The molecule has 0 fully saturated rings. The predicted molar refractivity (Wildman–Crippen MR) is 119 cm³/mol. The number of oxime groups is 1. The van der Waals surface area contributed by atoms with Crippen LogP contribution in [0.1, 0.15) is 39.7 Å². The Kier molecular flexibility index (Phi) is 12.7. The van der Waals surface area contributed by atoms with Crippen molar-refractivity contribution >= 4 is 12.2 Å². The van der Waals surface area contributed by atoms with Gasteiger partial charge in [0.1, 0.15) is 12.7 Å². The van der Waals surface area contributed by atoms with Crippen molar-refractivity contribution in [3.63, 3.8) is 0 Å². The maximum absolute atomic E-state index is 11.2. The molecule has 0 radical (unpaired) electrons. The van der Waals surface area contributed by atoms with Gasteiger partial charge in [0.05, 0.1) is 32.5 Å². The Bertz CT molecular complexity index is 644. The van der Waals surface area contributed by atoms with Crippen molar-refractivity contribution in [1.29, 1.82) is 0 Å². The molecule has 0 aromatic heterocycles. The molecule has 0 heterocycles. The maximum Gasteiger partial charge on any atom is 0.309 e. The number of benzene rings is 1. The molecule has 0 bridgehead atoms. The van der Waals surface area contributed by atoms with Gasteiger partial charge in [0.25, 0.3) is 0 Å². The minimum atomic E-state index is -0.271. The molecule has 4 atom stereocenters. The molecule has 30 heavy (non-hydrogen) atoms. The zero-order valence-corrected chi connectivity index (χ0v) is 19.1. The van der Waals surface area contributed by atoms with Gasteiger partial charge in [0.15, 0.2) is 0 Å². The van der Waals surface area contributed by atoms with Gasteiger partial charge in [0, 0.05) is 18.9 Å². The van der Waals surface area contributed by atoms with Crippen molar-refractivity contribution < 1.29 is 23.8 Å². The first kappa shape index (κ1) is 25.9. The normalized spacial score (nSPS) is 16.0. The molecule has 6 nitrogen and oxygen atoms in total. The smallest absolute Gasteiger partial charge is 0.309 e. The van der Waals surface area contributed by atoms with Crippen molar-refractivity contribution in [2.45, 2.75) is 52.9 Å². The Hall–Kier alpha value is -2.18. The third-order valence-electron chi connectivity index (χ3n) is 4.87. The molecule has 0 N–H and O–H groups in total. The van der Waals surface area contributed by atoms with E-state index in [2.05, 4.69) is 42.8 Å². The minimum absolute atomic E-state index is 0.0436. The third-order valence-corrected chi connectivity index (χ3v) is 4.87. The van der Waals surface area contributed by atoms with E-state index >= 15 is 0 Å². The van der Waals surface area contributed by atoms with E-state index in [9.17, 15) is 4.79 Å². The Morgan fingerprint density at radius 3 is 2.40 bits per heavy atom. The molecule has 1 aromatic rings. The Labute approximate surface area is 181 Å². The average molecular weight is 420 g/mol. The number of hydrogen-bond donors (Lipinski definition) is 0. The summed E-state index contributed by atoms with van der Waals surface area (Å²) in [6.07, 6.45) is 5.39. The third kappa shape index (κ3) is 10.0. The fourth-order valence-corrected chi connectivity index (χ4v) is 3.12. The van der Waals surface area contributed by atoms with Crippen molar-refractivity contribution in [3.8, 4) is 0 Å². The highest BCUT2D eigenvalue weighted by Gasteiger charge is 2.22. The molecule has 0 spiro atoms. The van der Waals surface area contributed by atoms with E-state index in [1.165, 1.54) is 7.11 Å². The van der Waals surface area contributed by atoms with Crippen molar-refractivity contribution in [3.05, 3.63) is 48.0 Å². The van der Waals surface area contributed by atoms with Crippen molar-refractivity contribution in [2.75, 3.05) is 20.8 Å². The summed E-state index contributed by atoms with van der Waals surface area (Å²) in [6.45, 7) is 9.44. The van der Waals surface area contributed by atoms with Gasteiger partial charge in [0.2, 0.25) is 0 Å².